The number of fused-ring (bicyclic) bond motifs is 8. The molecule has 28 atom stereocenters. The van der Waals surface area contributed by atoms with E-state index in [1.54, 1.807) is 27.7 Å². The number of carbonyl (C=O) groups excluding carboxylic acids is 2. The first-order chi connectivity index (χ1) is 48.1. The zero-order valence-corrected chi connectivity index (χ0v) is 71.7. The fourth-order valence-electron chi connectivity index (χ4n) is 29.4. The molecule has 10 saturated carbocycles. The van der Waals surface area contributed by atoms with E-state index >= 15 is 0 Å². The third kappa shape index (κ3) is 12.9. The van der Waals surface area contributed by atoms with E-state index in [1.165, 1.54) is 109 Å². The molecule has 0 amide bonds. The van der Waals surface area contributed by atoms with Crippen molar-refractivity contribution in [2.45, 2.75) is 415 Å². The first kappa shape index (κ1) is 81.7. The van der Waals surface area contributed by atoms with Crippen LogP contribution < -0.4 is 0 Å². The number of hydrogen-bond acceptors (Lipinski definition) is 14. The molecular weight excluding hydrogens is 1350 g/mol. The van der Waals surface area contributed by atoms with E-state index in [4.69, 9.17) is 53.4 Å². The van der Waals surface area contributed by atoms with Crippen LogP contribution in [0.4, 0.5) is 0 Å². The van der Waals surface area contributed by atoms with Crippen molar-refractivity contribution in [1.29, 1.82) is 0 Å². The maximum Gasteiger partial charge on any atom is 0.303 e. The van der Waals surface area contributed by atoms with Gasteiger partial charge in [-0.2, -0.15) is 11.1 Å². The fraction of sp³-hybridized carbons (Fsp3) is 0.977. The summed E-state index contributed by atoms with van der Waals surface area (Å²) in [5.74, 6) is 2.83. The highest BCUT2D eigenvalue weighted by Crippen LogP contribution is 2.91. The Labute approximate surface area is 631 Å². The molecule has 0 radical (unpaired) electrons. The maximum absolute atomic E-state index is 12.5. The van der Waals surface area contributed by atoms with Gasteiger partial charge in [0.15, 0.2) is 40.5 Å². The molecule has 14 fully saturated rings. The maximum atomic E-state index is 12.5. The SMILES string of the molecule is CC(=O)O[C@@H]([C@H]1C[C@@H](C)[C@H]2[C@H](O1)[C@H](O)[C@@]1(C)[C@@H]3CC[C@H]4C(C)(C)[C@@H](O[C@H]5CCCCO5)CC[C@@]45CC35CC[C@]21C)C(C)(C)O.CC[Si](CC)(CC)O[C@H]1[C@H]2O[C@@H]([C@H](OC(C)=O)C(C)(C)O)C[C@@H](C)[C@@H]2[C@@]2(C)CCC34C[C@@]35CC[C@H](O[C@H]3CCCCO3)C(C)(C)[C@@H]5CC[C@H]4[C@]12C.CC[Si](Cl)(CC)CC. The van der Waals surface area contributed by atoms with Gasteiger partial charge in [-0.25, -0.2) is 0 Å². The Morgan fingerprint density at radius 1 is 0.515 bits per heavy atom. The van der Waals surface area contributed by atoms with Crippen LogP contribution in [0.25, 0.3) is 0 Å². The van der Waals surface area contributed by atoms with Crippen LogP contribution in [0.5, 0.6) is 0 Å². The normalized spacial score (nSPS) is 47.4. The third-order valence-electron chi connectivity index (χ3n) is 35.3. The molecule has 3 N–H and O–H groups in total. The summed E-state index contributed by atoms with van der Waals surface area (Å²) in [4.78, 5) is 24.4. The van der Waals surface area contributed by atoms with Gasteiger partial charge in [-0.3, -0.25) is 9.59 Å². The fourth-order valence-corrected chi connectivity index (χ4v) is 33.8. The number of halogens is 1. The summed E-state index contributed by atoms with van der Waals surface area (Å²) >= 11 is 6.23. The molecule has 0 aromatic rings. The van der Waals surface area contributed by atoms with Crippen LogP contribution in [-0.2, 0) is 51.9 Å². The lowest BCUT2D eigenvalue weighted by Gasteiger charge is -2.64. The van der Waals surface area contributed by atoms with Crippen LogP contribution in [0.2, 0.25) is 36.3 Å². The smallest absolute Gasteiger partial charge is 0.303 e. The summed E-state index contributed by atoms with van der Waals surface area (Å²) in [6, 6.07) is 7.01. The van der Waals surface area contributed by atoms with Crippen LogP contribution in [0.15, 0.2) is 0 Å². The predicted molar refractivity (Wildman–Crippen MR) is 412 cm³/mol. The summed E-state index contributed by atoms with van der Waals surface area (Å²) in [5, 5.41) is 34.8. The highest BCUT2D eigenvalue weighted by molar-refractivity contribution is 7.20. The van der Waals surface area contributed by atoms with Crippen molar-refractivity contribution in [1.82, 2.24) is 0 Å². The molecule has 0 aromatic heterocycles. The standard InChI is InChI=1S/C43H74O7Si.C37H60O7.C6H15ClSi/c1-12-51(13-2,14-3)50-37-35-34(27(4)25-29(48-35)36(39(8,9)45)47-28(5)44)40(10)22-23-43-26-42(43)21-20-32(49-33-17-15-16-24-46-33)38(6,7)30(42)18-19-31(43)41(37,40)11;1-21-19-23(31(33(5,6)40)42-22(2)38)43-29-28(21)34(7)16-17-37-20-36(37)15-14-26(44-27-11-9-10-18-41-27)32(3,4)24(36)12-13-25(37)35(34,8)30(29)39;1-4-8(7,5-2)6-3/h27,29-37,45H,12-26H2,1-11H3;21,23-31,39-40H,9-20H2,1-8H3;4-6H2,1-3H3/t27-,29-,30+,31+,32+,33+,34+,35+,36+,37+,40-,41-,42-,43?;21-,23-,24+,25+,26+,27+,28+,29+,30+,31+,34-,35-,36-,37?;/m11./s1. The average Bonchev–Trinajstić information content (AvgIpc) is 1.46. The zero-order chi connectivity index (χ0) is 75.3. The van der Waals surface area contributed by atoms with Gasteiger partial charge >= 0.3 is 11.9 Å². The topological polar surface area (TPSA) is 178 Å². The van der Waals surface area contributed by atoms with E-state index < -0.39 is 57.3 Å². The van der Waals surface area contributed by atoms with Crippen molar-refractivity contribution >= 4 is 38.7 Å². The summed E-state index contributed by atoms with van der Waals surface area (Å²) in [5.41, 5.74) is -1.09. The zero-order valence-electron chi connectivity index (χ0n) is 69.0. The minimum absolute atomic E-state index is 0.00319. The van der Waals surface area contributed by atoms with Crippen LogP contribution in [-0.4, -0.2) is 141 Å². The lowest BCUT2D eigenvalue weighted by atomic mass is 9.41. The van der Waals surface area contributed by atoms with Gasteiger partial charge in [0.25, 0.3) is 0 Å². The molecule has 0 bridgehead atoms. The monoisotopic (exact) mass is 1500 g/mol. The van der Waals surface area contributed by atoms with E-state index in [2.05, 4.69) is 111 Å². The average molecular weight is 1500 g/mol. The lowest BCUT2D eigenvalue weighted by Crippen LogP contribution is -2.61. The number of aliphatic hydroxyl groups is 3. The summed E-state index contributed by atoms with van der Waals surface area (Å²) < 4.78 is 59.4. The molecule has 4 saturated heterocycles. The number of esters is 2. The predicted octanol–water partition coefficient (Wildman–Crippen LogP) is 19.1. The number of hydrogen-bond donors (Lipinski definition) is 3. The second-order valence-electron chi connectivity index (χ2n) is 40.9. The Balaban J connectivity index is 0.000000177. The second kappa shape index (κ2) is 28.7. The number of aliphatic hydroxyl groups excluding tert-OH is 1. The molecule has 4 heterocycles. The lowest BCUT2D eigenvalue weighted by molar-refractivity contribution is -0.242. The highest BCUT2D eigenvalue weighted by atomic mass is 35.6. The van der Waals surface area contributed by atoms with Crippen LogP contribution in [0.1, 0.15) is 294 Å². The molecule has 17 heteroatoms. The quantitative estimate of drug-likeness (QED) is 0.0511. The molecule has 14 nitrogen and oxygen atoms in total. The van der Waals surface area contributed by atoms with E-state index in [9.17, 15) is 24.9 Å². The molecule has 14 aliphatic rings. The Bertz CT molecular complexity index is 2970. The van der Waals surface area contributed by atoms with Gasteiger partial charge in [-0.05, 0) is 296 Å². The molecule has 14 rings (SSSR count). The molecule has 10 aliphatic carbocycles. The Morgan fingerprint density at radius 2 is 0.893 bits per heavy atom. The van der Waals surface area contributed by atoms with Crippen LogP contribution in [0.3, 0.4) is 0 Å². The first-order valence-corrected chi connectivity index (χ1v) is 49.0. The van der Waals surface area contributed by atoms with E-state index in [0.717, 1.165) is 89.1 Å². The van der Waals surface area contributed by atoms with Crippen molar-refractivity contribution in [3.8, 4) is 0 Å². The molecule has 592 valence electrons. The van der Waals surface area contributed by atoms with Gasteiger partial charge in [0.05, 0.1) is 60.0 Å². The molecular formula is C86H149ClO14Si2. The minimum atomic E-state index is -2.05. The summed E-state index contributed by atoms with van der Waals surface area (Å²) in [6.45, 7) is 50.0. The second-order valence-corrected chi connectivity index (χ2v) is 52.4. The van der Waals surface area contributed by atoms with Crippen molar-refractivity contribution in [2.24, 2.45) is 101 Å². The third-order valence-corrected chi connectivity index (χ3v) is 46.1. The van der Waals surface area contributed by atoms with Crippen molar-refractivity contribution in [3.05, 3.63) is 0 Å². The van der Waals surface area contributed by atoms with Crippen molar-refractivity contribution < 1.29 is 67.2 Å². The molecule has 4 aliphatic heterocycles. The largest absolute Gasteiger partial charge is 0.457 e. The van der Waals surface area contributed by atoms with Gasteiger partial charge in [0.1, 0.15) is 0 Å². The first-order valence-electron chi connectivity index (χ1n) is 42.8. The molecule has 0 aromatic carbocycles. The molecule has 2 unspecified atom stereocenters. The number of carbonyl (C=O) groups is 2. The van der Waals surface area contributed by atoms with E-state index in [0.29, 0.717) is 58.2 Å². The van der Waals surface area contributed by atoms with Crippen LogP contribution >= 0.6 is 11.1 Å². The molecule has 103 heavy (non-hydrogen) atoms. The van der Waals surface area contributed by atoms with Crippen molar-refractivity contribution in [3.63, 3.8) is 0 Å². The Kier molecular flexibility index (Phi) is 22.8. The number of ether oxygens (including phenoxy) is 8. The van der Waals surface area contributed by atoms with Gasteiger partial charge in [0.2, 0.25) is 0 Å². The van der Waals surface area contributed by atoms with E-state index in [-0.39, 0.29) is 105 Å². The van der Waals surface area contributed by atoms with Crippen molar-refractivity contribution in [2.75, 3.05) is 13.2 Å². The Hall–Kier alpha value is -0.736. The van der Waals surface area contributed by atoms with Gasteiger partial charge in [-0.15, -0.1) is 0 Å². The van der Waals surface area contributed by atoms with E-state index in [1.807, 2.05) is 0 Å². The Morgan fingerprint density at radius 3 is 1.26 bits per heavy atom. The number of rotatable bonds is 18. The van der Waals surface area contributed by atoms with Gasteiger partial charge < -0.3 is 57.6 Å². The minimum Gasteiger partial charge on any atom is -0.457 e. The van der Waals surface area contributed by atoms with Gasteiger partial charge in [0, 0.05) is 37.9 Å². The van der Waals surface area contributed by atoms with Gasteiger partial charge in [-0.1, -0.05) is 111 Å². The molecule has 4 spiro atoms. The van der Waals surface area contributed by atoms with Crippen LogP contribution in [0, 0.1) is 101 Å². The summed E-state index contributed by atoms with van der Waals surface area (Å²) in [7, 11) is -3.25. The summed E-state index contributed by atoms with van der Waals surface area (Å²) in [6.07, 6.45) is 22.6. The highest BCUT2D eigenvalue weighted by Gasteiger charge is 2.87.